The second-order valence-electron chi connectivity index (χ2n) is 13.6. The Morgan fingerprint density at radius 1 is 1.04 bits per heavy atom. The van der Waals surface area contributed by atoms with Crippen LogP contribution in [0.1, 0.15) is 120 Å². The van der Waals surface area contributed by atoms with Gasteiger partial charge in [-0.2, -0.15) is 15.6 Å². The molecule has 3 aromatic rings. The molecule has 1 unspecified atom stereocenters. The molecule has 1 fully saturated rings. The van der Waals surface area contributed by atoms with Crippen LogP contribution in [0.25, 0.3) is 5.52 Å². The number of aromatic nitrogens is 3. The summed E-state index contributed by atoms with van der Waals surface area (Å²) >= 11 is 0. The summed E-state index contributed by atoms with van der Waals surface area (Å²) < 4.78 is 57.3. The van der Waals surface area contributed by atoms with Crippen LogP contribution in [-0.4, -0.2) is 58.1 Å². The van der Waals surface area contributed by atoms with E-state index < -0.39 is 31.4 Å². The number of nitrogens with two attached hydrogens (primary N) is 1. The van der Waals surface area contributed by atoms with E-state index in [0.717, 1.165) is 25.3 Å². The number of ether oxygens (including phenoxy) is 3. The number of unbranched alkanes of at least 4 members (excludes halogenated alkanes) is 12. The van der Waals surface area contributed by atoms with Crippen molar-refractivity contribution < 1.29 is 37.1 Å². The highest BCUT2D eigenvalue weighted by molar-refractivity contribution is 7.47. The molecule has 13 nitrogen and oxygen atoms in total. The van der Waals surface area contributed by atoms with Crippen molar-refractivity contribution in [3.8, 4) is 12.1 Å². The van der Waals surface area contributed by atoms with Crippen LogP contribution in [0.3, 0.4) is 0 Å². The molecular weight excluding hydrogens is 702 g/mol. The van der Waals surface area contributed by atoms with E-state index >= 15 is 0 Å². The van der Waals surface area contributed by atoms with Gasteiger partial charge >= 0.3 is 7.82 Å². The Morgan fingerprint density at radius 3 is 2.40 bits per heavy atom. The molecule has 0 bridgehead atoms. The van der Waals surface area contributed by atoms with Crippen molar-refractivity contribution in [1.82, 2.24) is 14.6 Å². The first-order chi connectivity index (χ1) is 25.7. The molecule has 4 rings (SSSR count). The molecule has 0 aliphatic carbocycles. The highest BCUT2D eigenvalue weighted by atomic mass is 31.2. The monoisotopic (exact) mass is 756 g/mol. The van der Waals surface area contributed by atoms with Crippen LogP contribution in [0.2, 0.25) is 0 Å². The molecule has 0 amide bonds. The van der Waals surface area contributed by atoms with Crippen molar-refractivity contribution in [1.29, 1.82) is 10.5 Å². The largest absolute Gasteiger partial charge is 0.472 e. The third-order valence-electron chi connectivity index (χ3n) is 9.46. The minimum Gasteiger partial charge on any atom is -0.382 e. The first-order valence-electron chi connectivity index (χ1n) is 18.9. The maximum Gasteiger partial charge on any atom is 0.472 e. The fourth-order valence-electron chi connectivity index (χ4n) is 6.39. The van der Waals surface area contributed by atoms with Crippen molar-refractivity contribution in [3.05, 3.63) is 59.3 Å². The Balaban J connectivity index is 1.20. The first-order valence-corrected chi connectivity index (χ1v) is 20.4. The average Bonchev–Trinajstić information content (AvgIpc) is 3.80. The number of nitrogen functional groups attached to an aromatic ring is 1. The molecule has 53 heavy (non-hydrogen) atoms. The summed E-state index contributed by atoms with van der Waals surface area (Å²) in [4.78, 5) is 14.5. The second-order valence-corrected chi connectivity index (χ2v) is 15.1. The van der Waals surface area contributed by atoms with Gasteiger partial charge in [-0.3, -0.25) is 9.05 Å². The Labute approximate surface area is 312 Å². The van der Waals surface area contributed by atoms with E-state index in [2.05, 4.69) is 23.1 Å². The number of hydrogen-bond donors (Lipinski definition) is 2. The van der Waals surface area contributed by atoms with Crippen molar-refractivity contribution in [2.75, 3.05) is 32.2 Å². The van der Waals surface area contributed by atoms with Gasteiger partial charge in [-0.15, -0.1) is 0 Å². The fourth-order valence-corrected chi connectivity index (χ4v) is 7.17. The molecule has 0 saturated carbocycles. The minimum absolute atomic E-state index is 0.0475. The zero-order chi connectivity index (χ0) is 37.9. The van der Waals surface area contributed by atoms with E-state index in [1.54, 1.807) is 12.1 Å². The van der Waals surface area contributed by atoms with Crippen LogP contribution in [0.5, 0.6) is 0 Å². The summed E-state index contributed by atoms with van der Waals surface area (Å²) in [5, 5.41) is 23.3. The minimum atomic E-state index is -4.60. The van der Waals surface area contributed by atoms with Gasteiger partial charge in [0.25, 0.3) is 0 Å². The van der Waals surface area contributed by atoms with Gasteiger partial charge in [0, 0.05) is 12.2 Å². The molecule has 3 N–H and O–H groups in total. The number of nitriles is 2. The Morgan fingerprint density at radius 2 is 1.74 bits per heavy atom. The van der Waals surface area contributed by atoms with Crippen LogP contribution in [-0.2, 0) is 40.0 Å². The molecule has 290 valence electrons. The Hall–Kier alpha value is -3.46. The second kappa shape index (κ2) is 22.0. The van der Waals surface area contributed by atoms with E-state index in [4.69, 9.17) is 34.3 Å². The number of benzene rings is 1. The number of hydrogen-bond acceptors (Lipinski definition) is 11. The van der Waals surface area contributed by atoms with Gasteiger partial charge in [0.05, 0.1) is 49.9 Å². The number of phosphoric acid groups is 1. The molecule has 15 heteroatoms. The van der Waals surface area contributed by atoms with Gasteiger partial charge in [0.15, 0.2) is 11.4 Å². The quantitative estimate of drug-likeness (QED) is 0.0594. The lowest BCUT2D eigenvalue weighted by atomic mass is 9.98. The van der Waals surface area contributed by atoms with Crippen molar-refractivity contribution in [2.45, 2.75) is 128 Å². The molecule has 1 aromatic carbocycles. The third kappa shape index (κ3) is 13.4. The maximum atomic E-state index is 14.5. The van der Waals surface area contributed by atoms with Gasteiger partial charge in [-0.1, -0.05) is 90.0 Å². The lowest BCUT2D eigenvalue weighted by Gasteiger charge is -2.23. The topological polar surface area (TPSA) is 187 Å². The molecule has 0 spiro atoms. The van der Waals surface area contributed by atoms with Crippen molar-refractivity contribution in [3.63, 3.8) is 0 Å². The average molecular weight is 757 g/mol. The number of phosphoric ester groups is 1. The molecule has 3 heterocycles. The molecular formula is C38H54FN6O7P. The number of rotatable bonds is 26. The normalized spacial score (nSPS) is 18.8. The summed E-state index contributed by atoms with van der Waals surface area (Å²) in [5.74, 6) is -0.341. The first kappa shape index (κ1) is 42.3. The Bertz CT molecular complexity index is 1700. The summed E-state index contributed by atoms with van der Waals surface area (Å²) in [7, 11) is -4.60. The summed E-state index contributed by atoms with van der Waals surface area (Å²) in [6.45, 7) is 1.92. The number of fused-ring (bicyclic) bond motifs is 1. The van der Waals surface area contributed by atoms with E-state index in [1.807, 2.05) is 6.07 Å². The number of halogens is 1. The SMILES string of the molecule is CCCCCCCCCCCCCCCOC[C@H](COP(=O)(O)OC[C@@H]1CC[C@](C#N)(c2ccc3c(N)ncnn23)O1)OCc1ccc(C#N)cc1F. The zero-order valence-corrected chi connectivity index (χ0v) is 31.7. The predicted octanol–water partition coefficient (Wildman–Crippen LogP) is 8.05. The van der Waals surface area contributed by atoms with Crippen LogP contribution in [0, 0.1) is 28.5 Å². The summed E-state index contributed by atoms with van der Waals surface area (Å²) in [6, 6.07) is 11.6. The third-order valence-corrected chi connectivity index (χ3v) is 10.4. The maximum absolute atomic E-state index is 14.5. The number of nitrogens with zero attached hydrogens (tertiary/aromatic N) is 5. The standard InChI is InChI=1S/C38H54FN6O7P/c1-2-3-4-5-6-7-8-9-10-11-12-13-14-21-48-25-33(49-24-31-16-15-30(23-40)22-34(31)39)27-51-53(46,47)50-26-32-19-20-38(28-41,52-32)36-18-17-35-37(42)43-29-44-45(35)36/h15-18,22,29,32-33H,2-14,19-21,24-27H2,1H3,(H,46,47)(H2,42,43,44)/t32-,33+,38-/m0/s1. The van der Waals surface area contributed by atoms with Crippen LogP contribution < -0.4 is 5.73 Å². The van der Waals surface area contributed by atoms with E-state index in [0.29, 0.717) is 30.7 Å². The predicted molar refractivity (Wildman–Crippen MR) is 197 cm³/mol. The van der Waals surface area contributed by atoms with Gasteiger partial charge in [-0.25, -0.2) is 18.5 Å². The molecule has 2 aromatic heterocycles. The molecule has 1 saturated heterocycles. The lowest BCUT2D eigenvalue weighted by molar-refractivity contribution is -0.0565. The smallest absolute Gasteiger partial charge is 0.382 e. The highest BCUT2D eigenvalue weighted by Gasteiger charge is 2.45. The van der Waals surface area contributed by atoms with E-state index in [-0.39, 0.29) is 43.4 Å². The highest BCUT2D eigenvalue weighted by Crippen LogP contribution is 2.46. The fraction of sp³-hybridized carbons (Fsp3) is 0.632. The van der Waals surface area contributed by atoms with Gasteiger partial charge in [0.2, 0.25) is 0 Å². The van der Waals surface area contributed by atoms with Gasteiger partial charge in [0.1, 0.15) is 29.8 Å². The van der Waals surface area contributed by atoms with Gasteiger partial charge < -0.3 is 24.8 Å². The van der Waals surface area contributed by atoms with Crippen LogP contribution in [0.4, 0.5) is 10.2 Å². The number of anilines is 1. The molecule has 1 aliphatic rings. The van der Waals surface area contributed by atoms with Crippen LogP contribution in [0.15, 0.2) is 36.7 Å². The molecule has 0 radical (unpaired) electrons. The summed E-state index contributed by atoms with van der Waals surface area (Å²) in [6.07, 6.45) is 16.5. The summed E-state index contributed by atoms with van der Waals surface area (Å²) in [5.41, 5.74) is 5.97. The molecule has 4 atom stereocenters. The van der Waals surface area contributed by atoms with E-state index in [9.17, 15) is 19.1 Å². The van der Waals surface area contributed by atoms with Crippen LogP contribution >= 0.6 is 7.82 Å². The van der Waals surface area contributed by atoms with Crippen molar-refractivity contribution >= 4 is 19.2 Å². The zero-order valence-electron chi connectivity index (χ0n) is 30.8. The lowest BCUT2D eigenvalue weighted by Crippen LogP contribution is -2.28. The molecule has 1 aliphatic heterocycles. The van der Waals surface area contributed by atoms with Crippen molar-refractivity contribution in [2.24, 2.45) is 0 Å². The Kier molecular flexibility index (Phi) is 17.6. The van der Waals surface area contributed by atoms with Gasteiger partial charge in [-0.05, 0) is 43.5 Å². The van der Waals surface area contributed by atoms with E-state index in [1.165, 1.54) is 87.2 Å².